The van der Waals surface area contributed by atoms with Gasteiger partial charge in [-0.2, -0.15) is 4.98 Å². The summed E-state index contributed by atoms with van der Waals surface area (Å²) in [6.07, 6.45) is 5.80. The van der Waals surface area contributed by atoms with Gasteiger partial charge in [-0.25, -0.2) is 4.98 Å². The van der Waals surface area contributed by atoms with Gasteiger partial charge in [-0.3, -0.25) is 0 Å². The molecule has 1 heterocycles. The number of ether oxygens (including phenoxy) is 1. The molecule has 1 saturated carbocycles. The molecule has 0 bridgehead atoms. The second kappa shape index (κ2) is 5.98. The van der Waals surface area contributed by atoms with Gasteiger partial charge in [0.25, 0.3) is 0 Å². The van der Waals surface area contributed by atoms with Crippen molar-refractivity contribution in [3.8, 4) is 5.88 Å². The summed E-state index contributed by atoms with van der Waals surface area (Å²) in [5.74, 6) is 2.47. The SMILES string of the molecule is CCc1nc(NC)c(C)c(OC2CCC(C)(C)CC2)n1. The maximum atomic E-state index is 6.17. The molecule has 0 spiro atoms. The maximum absolute atomic E-state index is 6.17. The molecule has 112 valence electrons. The fourth-order valence-corrected chi connectivity index (χ4v) is 2.71. The summed E-state index contributed by atoms with van der Waals surface area (Å²) in [6, 6.07) is 0. The van der Waals surface area contributed by atoms with Crippen LogP contribution in [0.3, 0.4) is 0 Å². The van der Waals surface area contributed by atoms with Crippen LogP contribution < -0.4 is 10.1 Å². The van der Waals surface area contributed by atoms with Gasteiger partial charge in [-0.1, -0.05) is 20.8 Å². The van der Waals surface area contributed by atoms with Gasteiger partial charge >= 0.3 is 0 Å². The second-order valence-corrected chi connectivity index (χ2v) is 6.50. The van der Waals surface area contributed by atoms with Crippen LogP contribution in [0, 0.1) is 12.3 Å². The lowest BCUT2D eigenvalue weighted by molar-refractivity contribution is 0.0940. The van der Waals surface area contributed by atoms with Crippen molar-refractivity contribution >= 4 is 5.82 Å². The lowest BCUT2D eigenvalue weighted by Gasteiger charge is -2.34. The Balaban J connectivity index is 2.13. The Labute approximate surface area is 122 Å². The van der Waals surface area contributed by atoms with E-state index in [4.69, 9.17) is 4.74 Å². The lowest BCUT2D eigenvalue weighted by atomic mass is 9.76. The van der Waals surface area contributed by atoms with Gasteiger partial charge in [0.2, 0.25) is 5.88 Å². The Kier molecular flexibility index (Phi) is 4.51. The van der Waals surface area contributed by atoms with E-state index in [1.165, 1.54) is 12.8 Å². The third kappa shape index (κ3) is 3.41. The van der Waals surface area contributed by atoms with Gasteiger partial charge < -0.3 is 10.1 Å². The molecule has 2 rings (SSSR count). The van der Waals surface area contributed by atoms with E-state index in [-0.39, 0.29) is 0 Å². The number of aryl methyl sites for hydroxylation is 1. The number of rotatable bonds is 4. The average Bonchev–Trinajstić information content (AvgIpc) is 2.43. The highest BCUT2D eigenvalue weighted by Gasteiger charge is 2.28. The minimum Gasteiger partial charge on any atom is -0.474 e. The highest BCUT2D eigenvalue weighted by Crippen LogP contribution is 2.37. The van der Waals surface area contributed by atoms with Crippen molar-refractivity contribution in [1.29, 1.82) is 0 Å². The Morgan fingerprint density at radius 2 is 1.90 bits per heavy atom. The van der Waals surface area contributed by atoms with Crippen LogP contribution in [0.4, 0.5) is 5.82 Å². The van der Waals surface area contributed by atoms with Crippen molar-refractivity contribution in [3.63, 3.8) is 0 Å². The molecule has 1 aromatic heterocycles. The quantitative estimate of drug-likeness (QED) is 0.910. The molecule has 4 heteroatoms. The smallest absolute Gasteiger partial charge is 0.222 e. The number of aromatic nitrogens is 2. The molecule has 20 heavy (non-hydrogen) atoms. The zero-order valence-corrected chi connectivity index (χ0v) is 13.4. The third-order valence-electron chi connectivity index (χ3n) is 4.26. The molecule has 0 saturated heterocycles. The van der Waals surface area contributed by atoms with Gasteiger partial charge in [0.15, 0.2) is 0 Å². The van der Waals surface area contributed by atoms with Crippen molar-refractivity contribution in [1.82, 2.24) is 9.97 Å². The Bertz CT molecular complexity index is 461. The largest absolute Gasteiger partial charge is 0.474 e. The fraction of sp³-hybridized carbons (Fsp3) is 0.750. The zero-order chi connectivity index (χ0) is 14.8. The first-order valence-corrected chi connectivity index (χ1v) is 7.67. The van der Waals surface area contributed by atoms with E-state index < -0.39 is 0 Å². The molecule has 0 atom stereocenters. The summed E-state index contributed by atoms with van der Waals surface area (Å²) in [4.78, 5) is 9.04. The molecule has 1 aliphatic rings. The first-order chi connectivity index (χ1) is 9.45. The molecule has 1 N–H and O–H groups in total. The second-order valence-electron chi connectivity index (χ2n) is 6.50. The van der Waals surface area contributed by atoms with Crippen LogP contribution >= 0.6 is 0 Å². The van der Waals surface area contributed by atoms with E-state index in [1.807, 2.05) is 14.0 Å². The molecule has 1 fully saturated rings. The lowest BCUT2D eigenvalue weighted by Crippen LogP contribution is -2.29. The van der Waals surface area contributed by atoms with Crippen LogP contribution in [0.5, 0.6) is 5.88 Å². The number of hydrogen-bond donors (Lipinski definition) is 1. The summed E-state index contributed by atoms with van der Waals surface area (Å²) in [6.45, 7) is 8.77. The first-order valence-electron chi connectivity index (χ1n) is 7.67. The Hall–Kier alpha value is -1.32. The van der Waals surface area contributed by atoms with E-state index in [0.29, 0.717) is 11.5 Å². The molecule has 4 nitrogen and oxygen atoms in total. The zero-order valence-electron chi connectivity index (χ0n) is 13.4. The average molecular weight is 277 g/mol. The first kappa shape index (κ1) is 15.1. The van der Waals surface area contributed by atoms with Crippen molar-refractivity contribution in [2.24, 2.45) is 5.41 Å². The topological polar surface area (TPSA) is 47.0 Å². The normalized spacial score (nSPS) is 18.9. The van der Waals surface area contributed by atoms with Crippen molar-refractivity contribution < 1.29 is 4.74 Å². The van der Waals surface area contributed by atoms with Crippen molar-refractivity contribution in [3.05, 3.63) is 11.4 Å². The molecule has 0 aromatic carbocycles. The molecule has 1 aromatic rings. The molecule has 0 amide bonds. The summed E-state index contributed by atoms with van der Waals surface area (Å²) in [7, 11) is 1.89. The molecule has 1 aliphatic carbocycles. The summed E-state index contributed by atoms with van der Waals surface area (Å²) >= 11 is 0. The van der Waals surface area contributed by atoms with Crippen molar-refractivity contribution in [2.45, 2.75) is 65.9 Å². The maximum Gasteiger partial charge on any atom is 0.222 e. The van der Waals surface area contributed by atoms with Crippen molar-refractivity contribution in [2.75, 3.05) is 12.4 Å². The van der Waals surface area contributed by atoms with Gasteiger partial charge in [0.05, 0.1) is 5.56 Å². The van der Waals surface area contributed by atoms with E-state index in [0.717, 1.165) is 42.3 Å². The van der Waals surface area contributed by atoms with Crippen LogP contribution in [0.25, 0.3) is 0 Å². The number of anilines is 1. The highest BCUT2D eigenvalue weighted by atomic mass is 16.5. The van der Waals surface area contributed by atoms with Crippen LogP contribution in [-0.4, -0.2) is 23.1 Å². The van der Waals surface area contributed by atoms with Crippen LogP contribution in [0.1, 0.15) is 57.8 Å². The van der Waals surface area contributed by atoms with Gasteiger partial charge in [-0.05, 0) is 38.0 Å². The molecular formula is C16H27N3O. The van der Waals surface area contributed by atoms with Crippen LogP contribution in [0.2, 0.25) is 0 Å². The number of hydrogen-bond acceptors (Lipinski definition) is 4. The van der Waals surface area contributed by atoms with Crippen LogP contribution in [-0.2, 0) is 6.42 Å². The standard InChI is InChI=1S/C16H27N3O/c1-6-13-18-14(17-5)11(2)15(19-13)20-12-7-9-16(3,4)10-8-12/h12H,6-10H2,1-5H3,(H,17,18,19). The summed E-state index contributed by atoms with van der Waals surface area (Å²) in [5.41, 5.74) is 1.47. The Morgan fingerprint density at radius 1 is 1.25 bits per heavy atom. The molecular weight excluding hydrogens is 250 g/mol. The number of nitrogens with one attached hydrogen (secondary N) is 1. The fourth-order valence-electron chi connectivity index (χ4n) is 2.71. The summed E-state index contributed by atoms with van der Waals surface area (Å²) < 4.78 is 6.17. The van der Waals surface area contributed by atoms with E-state index >= 15 is 0 Å². The van der Waals surface area contributed by atoms with E-state index in [2.05, 4.69) is 36.1 Å². The van der Waals surface area contributed by atoms with E-state index in [1.54, 1.807) is 0 Å². The van der Waals surface area contributed by atoms with Gasteiger partial charge in [0, 0.05) is 13.5 Å². The molecule has 0 unspecified atom stereocenters. The minimum atomic E-state index is 0.297. The molecule has 0 radical (unpaired) electrons. The molecule has 0 aliphatic heterocycles. The Morgan fingerprint density at radius 3 is 2.45 bits per heavy atom. The van der Waals surface area contributed by atoms with Gasteiger partial charge in [-0.15, -0.1) is 0 Å². The number of nitrogens with zero attached hydrogens (tertiary/aromatic N) is 2. The van der Waals surface area contributed by atoms with Crippen LogP contribution in [0.15, 0.2) is 0 Å². The highest BCUT2D eigenvalue weighted by molar-refractivity contribution is 5.48. The summed E-state index contributed by atoms with van der Waals surface area (Å²) in [5, 5.41) is 3.13. The minimum absolute atomic E-state index is 0.297. The third-order valence-corrected chi connectivity index (χ3v) is 4.26. The van der Waals surface area contributed by atoms with Gasteiger partial charge in [0.1, 0.15) is 17.7 Å². The van der Waals surface area contributed by atoms with E-state index in [9.17, 15) is 0 Å². The predicted octanol–water partition coefficient (Wildman–Crippen LogP) is 3.74. The predicted molar refractivity (Wildman–Crippen MR) is 82.4 cm³/mol. The monoisotopic (exact) mass is 277 g/mol.